The molecule has 3 heteroatoms. The van der Waals surface area contributed by atoms with E-state index in [-0.39, 0.29) is 5.97 Å². The first-order valence-corrected chi connectivity index (χ1v) is 4.31. The molecule has 0 atom stereocenters. The van der Waals surface area contributed by atoms with Crippen LogP contribution in [0.25, 0.3) is 0 Å². The van der Waals surface area contributed by atoms with Crippen molar-refractivity contribution in [3.63, 3.8) is 0 Å². The summed E-state index contributed by atoms with van der Waals surface area (Å²) in [4.78, 5) is 11.1. The fourth-order valence-corrected chi connectivity index (χ4v) is 1.91. The molecule has 0 radical (unpaired) electrons. The van der Waals surface area contributed by atoms with E-state index < -0.39 is 0 Å². The van der Waals surface area contributed by atoms with Gasteiger partial charge in [-0.2, -0.15) is 0 Å². The zero-order valence-electron chi connectivity index (χ0n) is 5.63. The molecule has 0 N–H and O–H groups in total. The molecule has 0 aromatic heterocycles. The van der Waals surface area contributed by atoms with Gasteiger partial charge in [0, 0.05) is 9.13 Å². The Labute approximate surface area is 77.7 Å². The lowest BCUT2D eigenvalue weighted by Gasteiger charge is -1.94. The standard InChI is InChI=1S/C8H5IO2/c9-6-3-1-2-5-4-11-8(10)7(5)6/h1-3H,4H2. The third-order valence-corrected chi connectivity index (χ3v) is 2.56. The molecule has 0 unspecified atom stereocenters. The minimum absolute atomic E-state index is 0.190. The maximum Gasteiger partial charge on any atom is 0.339 e. The Morgan fingerprint density at radius 3 is 3.00 bits per heavy atom. The van der Waals surface area contributed by atoms with Crippen LogP contribution in [0.4, 0.5) is 0 Å². The average Bonchev–Trinajstić information content (AvgIpc) is 2.34. The van der Waals surface area contributed by atoms with Crippen LogP contribution in [-0.2, 0) is 11.3 Å². The smallest absolute Gasteiger partial charge is 0.339 e. The van der Waals surface area contributed by atoms with E-state index in [0.717, 1.165) is 14.7 Å². The number of cyclic esters (lactones) is 1. The van der Waals surface area contributed by atoms with Crippen molar-refractivity contribution in [2.24, 2.45) is 0 Å². The van der Waals surface area contributed by atoms with Gasteiger partial charge in [-0.15, -0.1) is 0 Å². The van der Waals surface area contributed by atoms with E-state index in [1.165, 1.54) is 0 Å². The summed E-state index contributed by atoms with van der Waals surface area (Å²) in [6.07, 6.45) is 0. The molecule has 0 aliphatic carbocycles. The van der Waals surface area contributed by atoms with Crippen LogP contribution in [0.15, 0.2) is 18.2 Å². The Bertz CT molecular complexity index is 320. The van der Waals surface area contributed by atoms with Gasteiger partial charge in [0.25, 0.3) is 0 Å². The van der Waals surface area contributed by atoms with Crippen LogP contribution < -0.4 is 0 Å². The van der Waals surface area contributed by atoms with Crippen LogP contribution in [0.5, 0.6) is 0 Å². The summed E-state index contributed by atoms with van der Waals surface area (Å²) in [5.74, 6) is -0.190. The molecule has 0 spiro atoms. The molecule has 2 rings (SSSR count). The Morgan fingerprint density at radius 1 is 1.45 bits per heavy atom. The Balaban J connectivity index is 2.68. The van der Waals surface area contributed by atoms with Crippen LogP contribution in [0.2, 0.25) is 0 Å². The highest BCUT2D eigenvalue weighted by Crippen LogP contribution is 2.24. The van der Waals surface area contributed by atoms with Gasteiger partial charge in [0.15, 0.2) is 0 Å². The van der Waals surface area contributed by atoms with Crippen LogP contribution in [-0.4, -0.2) is 5.97 Å². The molecule has 1 aliphatic heterocycles. The van der Waals surface area contributed by atoms with E-state index >= 15 is 0 Å². The van der Waals surface area contributed by atoms with Gasteiger partial charge in [0.2, 0.25) is 0 Å². The molecule has 0 fully saturated rings. The molecule has 0 bridgehead atoms. The summed E-state index contributed by atoms with van der Waals surface area (Å²) in [6, 6.07) is 5.76. The molecule has 1 heterocycles. The molecule has 1 aromatic rings. The first-order valence-electron chi connectivity index (χ1n) is 3.23. The second-order valence-electron chi connectivity index (χ2n) is 2.35. The van der Waals surface area contributed by atoms with E-state index in [1.54, 1.807) is 0 Å². The number of esters is 1. The van der Waals surface area contributed by atoms with Crippen molar-refractivity contribution in [3.8, 4) is 0 Å². The van der Waals surface area contributed by atoms with Crippen LogP contribution in [0.3, 0.4) is 0 Å². The number of carbonyl (C=O) groups is 1. The third-order valence-electron chi connectivity index (χ3n) is 1.66. The van der Waals surface area contributed by atoms with Crippen molar-refractivity contribution < 1.29 is 9.53 Å². The highest BCUT2D eigenvalue weighted by molar-refractivity contribution is 14.1. The fraction of sp³-hybridized carbons (Fsp3) is 0.125. The number of hydrogen-bond acceptors (Lipinski definition) is 2. The summed E-state index contributed by atoms with van der Waals surface area (Å²) in [6.45, 7) is 0.436. The largest absolute Gasteiger partial charge is 0.457 e. The molecule has 0 saturated carbocycles. The molecule has 0 saturated heterocycles. The Kier molecular flexibility index (Phi) is 1.60. The second kappa shape index (κ2) is 2.48. The minimum atomic E-state index is -0.190. The summed E-state index contributed by atoms with van der Waals surface area (Å²) in [7, 11) is 0. The monoisotopic (exact) mass is 260 g/mol. The summed E-state index contributed by atoms with van der Waals surface area (Å²) >= 11 is 2.14. The lowest BCUT2D eigenvalue weighted by atomic mass is 10.1. The highest BCUT2D eigenvalue weighted by Gasteiger charge is 2.22. The Morgan fingerprint density at radius 2 is 2.27 bits per heavy atom. The van der Waals surface area contributed by atoms with Gasteiger partial charge >= 0.3 is 5.97 Å². The quantitative estimate of drug-likeness (QED) is 0.526. The molecular formula is C8H5IO2. The number of rotatable bonds is 0. The van der Waals surface area contributed by atoms with E-state index in [2.05, 4.69) is 22.6 Å². The number of fused-ring (bicyclic) bond motifs is 1. The van der Waals surface area contributed by atoms with Gasteiger partial charge in [-0.05, 0) is 28.7 Å². The second-order valence-corrected chi connectivity index (χ2v) is 3.51. The lowest BCUT2D eigenvalue weighted by Crippen LogP contribution is -1.96. The minimum Gasteiger partial charge on any atom is -0.457 e. The first-order chi connectivity index (χ1) is 5.29. The lowest BCUT2D eigenvalue weighted by molar-refractivity contribution is 0.0534. The predicted molar refractivity (Wildman–Crippen MR) is 48.3 cm³/mol. The predicted octanol–water partition coefficient (Wildman–Crippen LogP) is 1.96. The first kappa shape index (κ1) is 7.09. The van der Waals surface area contributed by atoms with E-state index in [1.807, 2.05) is 18.2 Å². The maximum absolute atomic E-state index is 11.1. The van der Waals surface area contributed by atoms with Gasteiger partial charge in [-0.3, -0.25) is 0 Å². The van der Waals surface area contributed by atoms with Crippen molar-refractivity contribution in [2.45, 2.75) is 6.61 Å². The van der Waals surface area contributed by atoms with Crippen LogP contribution in [0, 0.1) is 3.57 Å². The normalized spacial score (nSPS) is 14.5. The number of benzene rings is 1. The maximum atomic E-state index is 11.1. The van der Waals surface area contributed by atoms with Crippen molar-refractivity contribution in [2.75, 3.05) is 0 Å². The molecule has 56 valence electrons. The van der Waals surface area contributed by atoms with Gasteiger partial charge < -0.3 is 4.74 Å². The topological polar surface area (TPSA) is 26.3 Å². The van der Waals surface area contributed by atoms with Crippen molar-refractivity contribution in [1.82, 2.24) is 0 Å². The van der Waals surface area contributed by atoms with E-state index in [4.69, 9.17) is 4.74 Å². The van der Waals surface area contributed by atoms with Crippen molar-refractivity contribution in [3.05, 3.63) is 32.9 Å². The SMILES string of the molecule is O=C1OCc2cccc(I)c21. The molecular weight excluding hydrogens is 255 g/mol. The fourth-order valence-electron chi connectivity index (χ4n) is 1.13. The summed E-state index contributed by atoms with van der Waals surface area (Å²) < 4.78 is 5.84. The van der Waals surface area contributed by atoms with Gasteiger partial charge in [0.1, 0.15) is 6.61 Å². The van der Waals surface area contributed by atoms with E-state index in [9.17, 15) is 4.79 Å². The van der Waals surface area contributed by atoms with Crippen molar-refractivity contribution >= 4 is 28.6 Å². The number of hydrogen-bond donors (Lipinski definition) is 0. The molecule has 0 amide bonds. The van der Waals surface area contributed by atoms with Crippen LogP contribution >= 0.6 is 22.6 Å². The zero-order valence-corrected chi connectivity index (χ0v) is 7.79. The molecule has 1 aliphatic rings. The van der Waals surface area contributed by atoms with Gasteiger partial charge in [0.05, 0.1) is 5.56 Å². The average molecular weight is 260 g/mol. The molecule has 1 aromatic carbocycles. The Hall–Kier alpha value is -0.580. The molecule has 11 heavy (non-hydrogen) atoms. The highest BCUT2D eigenvalue weighted by atomic mass is 127. The number of carbonyl (C=O) groups excluding carboxylic acids is 1. The van der Waals surface area contributed by atoms with Crippen molar-refractivity contribution in [1.29, 1.82) is 0 Å². The van der Waals surface area contributed by atoms with E-state index in [0.29, 0.717) is 6.61 Å². The van der Waals surface area contributed by atoms with Crippen LogP contribution in [0.1, 0.15) is 15.9 Å². The third kappa shape index (κ3) is 1.03. The zero-order chi connectivity index (χ0) is 7.84. The number of halogens is 1. The summed E-state index contributed by atoms with van der Waals surface area (Å²) in [5.41, 5.74) is 1.75. The number of ether oxygens (including phenoxy) is 1. The molecule has 2 nitrogen and oxygen atoms in total. The van der Waals surface area contributed by atoms with Gasteiger partial charge in [-0.25, -0.2) is 4.79 Å². The van der Waals surface area contributed by atoms with Gasteiger partial charge in [-0.1, -0.05) is 12.1 Å². The summed E-state index contributed by atoms with van der Waals surface area (Å²) in [5, 5.41) is 0.